The first-order valence-electron chi connectivity index (χ1n) is 8.42. The van der Waals surface area contributed by atoms with Gasteiger partial charge in [-0.05, 0) is 57.4 Å². The van der Waals surface area contributed by atoms with Gasteiger partial charge in [-0.1, -0.05) is 18.2 Å². The molecule has 3 heterocycles. The highest BCUT2D eigenvalue weighted by Gasteiger charge is 2.52. The molecule has 0 atom stereocenters. The van der Waals surface area contributed by atoms with Crippen LogP contribution in [0.15, 0.2) is 54.9 Å². The van der Waals surface area contributed by atoms with Crippen LogP contribution in [0.2, 0.25) is 0 Å². The third-order valence-electron chi connectivity index (χ3n) is 5.04. The predicted molar refractivity (Wildman–Crippen MR) is 97.9 cm³/mol. The van der Waals surface area contributed by atoms with Gasteiger partial charge in [0, 0.05) is 17.8 Å². The highest BCUT2D eigenvalue weighted by atomic mass is 16.7. The normalized spacial score (nSPS) is 18.6. The molecular formula is C19H21BN2O3. The van der Waals surface area contributed by atoms with Gasteiger partial charge in [-0.15, -0.1) is 0 Å². The number of rotatable bonds is 3. The molecule has 1 aliphatic rings. The first kappa shape index (κ1) is 16.2. The zero-order valence-electron chi connectivity index (χ0n) is 14.9. The lowest BCUT2D eigenvalue weighted by Crippen LogP contribution is -2.41. The molecule has 128 valence electrons. The molecule has 1 fully saturated rings. The molecule has 0 radical (unpaired) electrons. The summed E-state index contributed by atoms with van der Waals surface area (Å²) in [5, 5.41) is 0.955. The van der Waals surface area contributed by atoms with Gasteiger partial charge in [0.25, 0.3) is 0 Å². The molecule has 0 spiro atoms. The van der Waals surface area contributed by atoms with Crippen molar-refractivity contribution in [3.8, 4) is 5.75 Å². The number of hydrogen-bond donors (Lipinski definition) is 0. The van der Waals surface area contributed by atoms with E-state index in [1.807, 2.05) is 48.7 Å². The summed E-state index contributed by atoms with van der Waals surface area (Å²) in [7, 11) is -0.428. The number of benzene rings is 1. The van der Waals surface area contributed by atoms with E-state index in [9.17, 15) is 0 Å². The van der Waals surface area contributed by atoms with E-state index in [2.05, 4.69) is 32.7 Å². The van der Waals surface area contributed by atoms with Crippen molar-refractivity contribution in [2.24, 2.45) is 0 Å². The van der Waals surface area contributed by atoms with Crippen molar-refractivity contribution < 1.29 is 14.1 Å². The molecule has 6 heteroatoms. The molecule has 0 aliphatic carbocycles. The largest absolute Gasteiger partial charge is 0.495 e. The van der Waals surface area contributed by atoms with Gasteiger partial charge < -0.3 is 14.1 Å². The molecule has 0 saturated carbocycles. The van der Waals surface area contributed by atoms with Crippen molar-refractivity contribution in [3.05, 3.63) is 54.9 Å². The predicted octanol–water partition coefficient (Wildman–Crippen LogP) is 3.18. The Morgan fingerprint density at radius 3 is 2.32 bits per heavy atom. The van der Waals surface area contributed by atoms with Gasteiger partial charge in [-0.25, -0.2) is 4.98 Å². The van der Waals surface area contributed by atoms with Crippen molar-refractivity contribution >= 4 is 23.6 Å². The second-order valence-corrected chi connectivity index (χ2v) is 7.27. The standard InChI is InChI=1S/C19H21BN2O3/c1-18(2)19(3,4)25-20(24-18)16-10-12-21-17-15(16)11-13-22(17)23-14-8-6-5-7-9-14/h5-13H,1-4H3. The molecule has 0 bridgehead atoms. The van der Waals surface area contributed by atoms with Gasteiger partial charge in [-0.3, -0.25) is 0 Å². The minimum absolute atomic E-state index is 0.379. The Morgan fingerprint density at radius 2 is 1.64 bits per heavy atom. The van der Waals surface area contributed by atoms with Gasteiger partial charge in [-0.2, -0.15) is 4.73 Å². The van der Waals surface area contributed by atoms with Crippen LogP contribution in [0.4, 0.5) is 0 Å². The van der Waals surface area contributed by atoms with Crippen molar-refractivity contribution in [3.63, 3.8) is 0 Å². The average Bonchev–Trinajstić information content (AvgIpc) is 3.06. The Morgan fingerprint density at radius 1 is 0.960 bits per heavy atom. The van der Waals surface area contributed by atoms with Gasteiger partial charge in [0.05, 0.1) is 11.2 Å². The molecule has 0 unspecified atom stereocenters. The molecular weight excluding hydrogens is 315 g/mol. The van der Waals surface area contributed by atoms with Crippen LogP contribution in [0.1, 0.15) is 27.7 Å². The fraction of sp³-hybridized carbons (Fsp3) is 0.316. The minimum Gasteiger partial charge on any atom is -0.399 e. The van der Waals surface area contributed by atoms with Gasteiger partial charge in [0.2, 0.25) is 0 Å². The first-order chi connectivity index (χ1) is 11.9. The van der Waals surface area contributed by atoms with Crippen LogP contribution in [0.25, 0.3) is 11.0 Å². The summed E-state index contributed by atoms with van der Waals surface area (Å²) in [5.74, 6) is 0.753. The summed E-state index contributed by atoms with van der Waals surface area (Å²) in [5.41, 5.74) is 0.933. The zero-order chi connectivity index (χ0) is 17.7. The van der Waals surface area contributed by atoms with E-state index in [0.29, 0.717) is 0 Å². The Balaban J connectivity index is 1.71. The SMILES string of the molecule is CC1(C)OB(c2ccnc3c2ccn3Oc2ccccc2)OC1(C)C. The lowest BCUT2D eigenvalue weighted by Gasteiger charge is -2.32. The van der Waals surface area contributed by atoms with E-state index in [0.717, 1.165) is 22.2 Å². The van der Waals surface area contributed by atoms with Crippen LogP contribution in [0, 0.1) is 0 Å². The van der Waals surface area contributed by atoms with Crippen LogP contribution in [0.5, 0.6) is 5.75 Å². The summed E-state index contributed by atoms with van der Waals surface area (Å²) in [6.45, 7) is 8.20. The van der Waals surface area contributed by atoms with E-state index in [1.165, 1.54) is 0 Å². The summed E-state index contributed by atoms with van der Waals surface area (Å²) < 4.78 is 14.0. The molecule has 3 aromatic rings. The fourth-order valence-corrected chi connectivity index (χ4v) is 2.88. The maximum atomic E-state index is 6.19. The molecule has 1 aromatic carbocycles. The number of hydrogen-bond acceptors (Lipinski definition) is 4. The molecule has 2 aromatic heterocycles. The molecule has 1 saturated heterocycles. The third-order valence-corrected chi connectivity index (χ3v) is 5.04. The highest BCUT2D eigenvalue weighted by molar-refractivity contribution is 6.65. The van der Waals surface area contributed by atoms with Crippen LogP contribution < -0.4 is 10.3 Å². The summed E-state index contributed by atoms with van der Waals surface area (Å²) in [4.78, 5) is 10.4. The van der Waals surface area contributed by atoms with Crippen molar-refractivity contribution in [1.82, 2.24) is 9.71 Å². The van der Waals surface area contributed by atoms with E-state index in [1.54, 1.807) is 10.9 Å². The molecule has 0 amide bonds. The Hall–Kier alpha value is -2.31. The summed E-state index contributed by atoms with van der Waals surface area (Å²) >= 11 is 0. The minimum atomic E-state index is -0.428. The van der Waals surface area contributed by atoms with E-state index in [4.69, 9.17) is 14.1 Å². The second-order valence-electron chi connectivity index (χ2n) is 7.27. The number of aromatic nitrogens is 2. The molecule has 1 aliphatic heterocycles. The summed E-state index contributed by atoms with van der Waals surface area (Å²) in [6.07, 6.45) is 3.62. The van der Waals surface area contributed by atoms with Crippen molar-refractivity contribution in [2.45, 2.75) is 38.9 Å². The molecule has 4 rings (SSSR count). The van der Waals surface area contributed by atoms with Crippen molar-refractivity contribution in [1.29, 1.82) is 0 Å². The quantitative estimate of drug-likeness (QED) is 0.689. The van der Waals surface area contributed by atoms with Crippen LogP contribution in [0.3, 0.4) is 0 Å². The summed E-state index contributed by atoms with van der Waals surface area (Å²) in [6, 6.07) is 13.6. The number of nitrogens with zero attached hydrogens (tertiary/aromatic N) is 2. The first-order valence-corrected chi connectivity index (χ1v) is 8.42. The van der Waals surface area contributed by atoms with Gasteiger partial charge in [0.15, 0.2) is 11.4 Å². The Bertz CT molecular complexity index is 889. The van der Waals surface area contributed by atoms with Crippen molar-refractivity contribution in [2.75, 3.05) is 0 Å². The van der Waals surface area contributed by atoms with E-state index >= 15 is 0 Å². The molecule has 0 N–H and O–H groups in total. The third kappa shape index (κ3) is 2.71. The van der Waals surface area contributed by atoms with Gasteiger partial charge in [0.1, 0.15) is 0 Å². The zero-order valence-corrected chi connectivity index (χ0v) is 14.9. The lowest BCUT2D eigenvalue weighted by atomic mass is 9.78. The highest BCUT2D eigenvalue weighted by Crippen LogP contribution is 2.37. The number of para-hydroxylation sites is 1. The molecule has 5 nitrogen and oxygen atoms in total. The molecule has 25 heavy (non-hydrogen) atoms. The number of pyridine rings is 1. The smallest absolute Gasteiger partial charge is 0.399 e. The fourth-order valence-electron chi connectivity index (χ4n) is 2.88. The number of fused-ring (bicyclic) bond motifs is 1. The Labute approximate surface area is 147 Å². The second kappa shape index (κ2) is 5.61. The van der Waals surface area contributed by atoms with Crippen LogP contribution in [-0.2, 0) is 9.31 Å². The lowest BCUT2D eigenvalue weighted by molar-refractivity contribution is 0.00578. The maximum absolute atomic E-state index is 6.19. The Kier molecular flexibility index (Phi) is 3.63. The van der Waals surface area contributed by atoms with Crippen LogP contribution in [-0.4, -0.2) is 28.0 Å². The van der Waals surface area contributed by atoms with E-state index < -0.39 is 7.12 Å². The van der Waals surface area contributed by atoms with E-state index in [-0.39, 0.29) is 11.2 Å². The van der Waals surface area contributed by atoms with Crippen LogP contribution >= 0.6 is 0 Å². The average molecular weight is 336 g/mol. The van der Waals surface area contributed by atoms with Gasteiger partial charge >= 0.3 is 7.12 Å². The monoisotopic (exact) mass is 336 g/mol. The maximum Gasteiger partial charge on any atom is 0.495 e. The topological polar surface area (TPSA) is 45.5 Å².